The van der Waals surface area contributed by atoms with Gasteiger partial charge < -0.3 is 10.1 Å². The lowest BCUT2D eigenvalue weighted by molar-refractivity contribution is -0.138. The van der Waals surface area contributed by atoms with Crippen molar-refractivity contribution in [3.8, 4) is 0 Å². The first-order valence-electron chi connectivity index (χ1n) is 5.60. The third-order valence-electron chi connectivity index (χ3n) is 2.88. The smallest absolute Gasteiger partial charge is 0.310 e. The van der Waals surface area contributed by atoms with Gasteiger partial charge in [-0.3, -0.25) is 4.79 Å². The second-order valence-electron chi connectivity index (χ2n) is 4.18. The molecule has 0 fully saturated rings. The van der Waals surface area contributed by atoms with Gasteiger partial charge >= 0.3 is 5.97 Å². The molecule has 0 aliphatic carbocycles. The Hall–Kier alpha value is -2.03. The second kappa shape index (κ2) is 4.87. The molecule has 0 aliphatic rings. The summed E-state index contributed by atoms with van der Waals surface area (Å²) in [7, 11) is 0. The number of rotatable bonds is 4. The molecule has 0 spiro atoms. The van der Waals surface area contributed by atoms with Crippen molar-refractivity contribution in [1.82, 2.24) is 4.98 Å². The average molecular weight is 229 g/mol. The molecule has 1 atom stereocenters. The molecule has 0 saturated heterocycles. The third kappa shape index (κ3) is 2.75. The molecule has 0 radical (unpaired) electrons. The fourth-order valence-electron chi connectivity index (χ4n) is 1.81. The topological polar surface area (TPSA) is 53.1 Å². The molecule has 2 rings (SSSR count). The van der Waals surface area contributed by atoms with Crippen LogP contribution in [0.2, 0.25) is 0 Å². The predicted molar refractivity (Wildman–Crippen MR) is 66.1 cm³/mol. The maximum absolute atomic E-state index is 10.9. The number of benzene rings is 1. The molecule has 0 bridgehead atoms. The number of hydrogen-bond acceptors (Lipinski definition) is 1. The van der Waals surface area contributed by atoms with Crippen molar-refractivity contribution < 1.29 is 9.90 Å². The fourth-order valence-corrected chi connectivity index (χ4v) is 1.81. The van der Waals surface area contributed by atoms with Crippen molar-refractivity contribution in [3.05, 3.63) is 59.4 Å². The van der Waals surface area contributed by atoms with E-state index in [1.165, 1.54) is 0 Å². The Balaban J connectivity index is 2.19. The zero-order valence-corrected chi connectivity index (χ0v) is 9.68. The minimum absolute atomic E-state index is 0.460. The Morgan fingerprint density at radius 2 is 2.18 bits per heavy atom. The van der Waals surface area contributed by atoms with Gasteiger partial charge in [-0.1, -0.05) is 24.3 Å². The van der Waals surface area contributed by atoms with Crippen LogP contribution in [0, 0.1) is 0 Å². The first-order chi connectivity index (χ1) is 8.16. The van der Waals surface area contributed by atoms with Crippen LogP contribution in [0.4, 0.5) is 0 Å². The predicted octanol–water partition coefficient (Wildman–Crippen LogP) is 2.79. The van der Waals surface area contributed by atoms with Gasteiger partial charge in [0.05, 0.1) is 5.92 Å². The van der Waals surface area contributed by atoms with E-state index in [1.807, 2.05) is 42.6 Å². The highest BCUT2D eigenvalue weighted by Gasteiger charge is 2.13. The summed E-state index contributed by atoms with van der Waals surface area (Å²) in [6.07, 6.45) is 2.69. The Morgan fingerprint density at radius 3 is 2.82 bits per heavy atom. The molecular formula is C14H15NO2. The van der Waals surface area contributed by atoms with E-state index in [0.29, 0.717) is 0 Å². The molecule has 2 N–H and O–H groups in total. The van der Waals surface area contributed by atoms with Gasteiger partial charge in [-0.15, -0.1) is 0 Å². The van der Waals surface area contributed by atoms with E-state index in [1.54, 1.807) is 6.92 Å². The summed E-state index contributed by atoms with van der Waals surface area (Å²) in [5.41, 5.74) is 3.10. The van der Waals surface area contributed by atoms with Crippen molar-refractivity contribution in [2.75, 3.05) is 0 Å². The lowest BCUT2D eigenvalue weighted by atomic mass is 9.98. The molecule has 1 unspecified atom stereocenters. The zero-order valence-electron chi connectivity index (χ0n) is 9.68. The quantitative estimate of drug-likeness (QED) is 0.847. The molecule has 3 nitrogen and oxygen atoms in total. The molecule has 0 aliphatic heterocycles. The molecule has 1 aromatic heterocycles. The summed E-state index contributed by atoms with van der Waals surface area (Å²) in [6, 6.07) is 11.7. The van der Waals surface area contributed by atoms with Gasteiger partial charge in [0.2, 0.25) is 0 Å². The lowest BCUT2D eigenvalue weighted by Crippen LogP contribution is -2.07. The molecule has 2 aromatic rings. The Labute approximate surface area is 100 Å². The van der Waals surface area contributed by atoms with Crippen molar-refractivity contribution in [2.24, 2.45) is 0 Å². The van der Waals surface area contributed by atoms with E-state index < -0.39 is 11.9 Å². The van der Waals surface area contributed by atoms with Crippen LogP contribution in [-0.4, -0.2) is 16.1 Å². The maximum Gasteiger partial charge on any atom is 0.310 e. The highest BCUT2D eigenvalue weighted by atomic mass is 16.4. The van der Waals surface area contributed by atoms with Crippen LogP contribution in [0.5, 0.6) is 0 Å². The summed E-state index contributed by atoms with van der Waals surface area (Å²) in [4.78, 5) is 14.1. The van der Waals surface area contributed by atoms with E-state index in [9.17, 15) is 4.79 Å². The first kappa shape index (κ1) is 11.5. The van der Waals surface area contributed by atoms with Crippen LogP contribution in [0.15, 0.2) is 42.6 Å². The van der Waals surface area contributed by atoms with E-state index >= 15 is 0 Å². The monoisotopic (exact) mass is 229 g/mol. The van der Waals surface area contributed by atoms with Gasteiger partial charge in [-0.05, 0) is 30.2 Å². The van der Waals surface area contributed by atoms with Gasteiger partial charge in [-0.25, -0.2) is 0 Å². The summed E-state index contributed by atoms with van der Waals surface area (Å²) >= 11 is 0. The van der Waals surface area contributed by atoms with Crippen LogP contribution >= 0.6 is 0 Å². The Morgan fingerprint density at radius 1 is 1.35 bits per heavy atom. The second-order valence-corrected chi connectivity index (χ2v) is 4.18. The number of carbonyl (C=O) groups is 1. The maximum atomic E-state index is 10.9. The van der Waals surface area contributed by atoms with Crippen LogP contribution in [0.25, 0.3) is 0 Å². The molecular weight excluding hydrogens is 214 g/mol. The highest BCUT2D eigenvalue weighted by Crippen LogP contribution is 2.18. The van der Waals surface area contributed by atoms with Gasteiger partial charge in [0.25, 0.3) is 0 Å². The van der Waals surface area contributed by atoms with E-state index in [0.717, 1.165) is 23.2 Å². The molecule has 88 valence electrons. The zero-order chi connectivity index (χ0) is 12.3. The minimum atomic E-state index is -0.790. The number of H-pyrrole nitrogens is 1. The largest absolute Gasteiger partial charge is 0.481 e. The lowest BCUT2D eigenvalue weighted by Gasteiger charge is -2.08. The van der Waals surface area contributed by atoms with Crippen molar-refractivity contribution in [2.45, 2.75) is 19.3 Å². The van der Waals surface area contributed by atoms with Crippen LogP contribution < -0.4 is 0 Å². The first-order valence-corrected chi connectivity index (χ1v) is 5.60. The minimum Gasteiger partial charge on any atom is -0.481 e. The van der Waals surface area contributed by atoms with Crippen molar-refractivity contribution in [1.29, 1.82) is 0 Å². The summed E-state index contributed by atoms with van der Waals surface area (Å²) < 4.78 is 0. The number of aliphatic carboxylic acids is 1. The number of aromatic amines is 1. The SMILES string of the molecule is CC(C(=O)O)c1cccc(Cc2ccc[nH]2)c1. The average Bonchev–Trinajstić information content (AvgIpc) is 2.81. The van der Waals surface area contributed by atoms with Gasteiger partial charge in [-0.2, -0.15) is 0 Å². The number of aromatic nitrogens is 1. The van der Waals surface area contributed by atoms with Crippen LogP contribution in [-0.2, 0) is 11.2 Å². The summed E-state index contributed by atoms with van der Waals surface area (Å²) in [5, 5.41) is 8.98. The molecule has 1 heterocycles. The summed E-state index contributed by atoms with van der Waals surface area (Å²) in [5.74, 6) is -1.25. The Kier molecular flexibility index (Phi) is 3.28. The van der Waals surface area contributed by atoms with Gasteiger partial charge in [0.1, 0.15) is 0 Å². The number of hydrogen-bond donors (Lipinski definition) is 2. The standard InChI is InChI=1S/C14H15NO2/c1-10(14(16)17)12-5-2-4-11(8-12)9-13-6-3-7-15-13/h2-8,10,15H,9H2,1H3,(H,16,17). The van der Waals surface area contributed by atoms with Gasteiger partial charge in [0.15, 0.2) is 0 Å². The number of carboxylic acid groups (broad SMARTS) is 1. The molecule has 17 heavy (non-hydrogen) atoms. The van der Waals surface area contributed by atoms with Crippen molar-refractivity contribution >= 4 is 5.97 Å². The highest BCUT2D eigenvalue weighted by molar-refractivity contribution is 5.75. The molecule has 1 aromatic carbocycles. The van der Waals surface area contributed by atoms with Crippen LogP contribution in [0.3, 0.4) is 0 Å². The van der Waals surface area contributed by atoms with E-state index in [2.05, 4.69) is 4.98 Å². The molecule has 0 amide bonds. The van der Waals surface area contributed by atoms with E-state index in [-0.39, 0.29) is 0 Å². The van der Waals surface area contributed by atoms with Crippen molar-refractivity contribution in [3.63, 3.8) is 0 Å². The normalized spacial score (nSPS) is 12.3. The number of carboxylic acids is 1. The fraction of sp³-hybridized carbons (Fsp3) is 0.214. The van der Waals surface area contributed by atoms with E-state index in [4.69, 9.17) is 5.11 Å². The summed E-state index contributed by atoms with van der Waals surface area (Å²) in [6.45, 7) is 1.70. The third-order valence-corrected chi connectivity index (χ3v) is 2.88. The van der Waals surface area contributed by atoms with Gasteiger partial charge in [0, 0.05) is 18.3 Å². The molecule has 3 heteroatoms. The number of nitrogens with one attached hydrogen (secondary N) is 1. The molecule has 0 saturated carbocycles. The van der Waals surface area contributed by atoms with Crippen LogP contribution in [0.1, 0.15) is 29.7 Å². The Bertz CT molecular complexity index is 503.